The Kier molecular flexibility index (Phi) is 6.09. The Morgan fingerprint density at radius 2 is 1.96 bits per heavy atom. The number of hydrogen-bond acceptors (Lipinski definition) is 2. The average molecular weight is 340 g/mol. The first kappa shape index (κ1) is 17.5. The van der Waals surface area contributed by atoms with Crippen molar-refractivity contribution in [3.63, 3.8) is 0 Å². The van der Waals surface area contributed by atoms with Crippen LogP contribution in [0.25, 0.3) is 0 Å². The molecule has 0 aliphatic heterocycles. The van der Waals surface area contributed by atoms with Crippen LogP contribution < -0.4 is 5.32 Å². The summed E-state index contributed by atoms with van der Waals surface area (Å²) in [6.07, 6.45) is 9.88. The second kappa shape index (κ2) is 8.70. The molecule has 3 rings (SSSR count). The van der Waals surface area contributed by atoms with Gasteiger partial charge < -0.3 is 10.2 Å². The Labute approximate surface area is 150 Å². The SMILES string of the molecule is CCN(C(=O)NCc1cnn(Cc2ccccc2)c1)C1CCCCC1. The van der Waals surface area contributed by atoms with E-state index >= 15 is 0 Å². The minimum atomic E-state index is 0.0465. The highest BCUT2D eigenvalue weighted by atomic mass is 16.2. The molecule has 1 aromatic carbocycles. The standard InChI is InChI=1S/C20H28N4O/c1-2-24(19-11-7-4-8-12-19)20(25)21-13-18-14-22-23(16-18)15-17-9-5-3-6-10-17/h3,5-6,9-10,14,16,19H,2,4,7-8,11-13,15H2,1H3,(H,21,25). The predicted molar refractivity (Wildman–Crippen MR) is 99.3 cm³/mol. The third-order valence-electron chi connectivity index (χ3n) is 4.93. The average Bonchev–Trinajstić information content (AvgIpc) is 3.10. The van der Waals surface area contributed by atoms with Crippen LogP contribution in [0.3, 0.4) is 0 Å². The van der Waals surface area contributed by atoms with Gasteiger partial charge in [0.2, 0.25) is 0 Å². The van der Waals surface area contributed by atoms with E-state index in [-0.39, 0.29) is 6.03 Å². The van der Waals surface area contributed by atoms with Crippen molar-refractivity contribution in [3.05, 3.63) is 53.9 Å². The lowest BCUT2D eigenvalue weighted by Crippen LogP contribution is -2.46. The fraction of sp³-hybridized carbons (Fsp3) is 0.500. The summed E-state index contributed by atoms with van der Waals surface area (Å²) in [6, 6.07) is 10.7. The lowest BCUT2D eigenvalue weighted by atomic mass is 9.94. The first-order valence-corrected chi connectivity index (χ1v) is 9.36. The Bertz CT molecular complexity index is 661. The van der Waals surface area contributed by atoms with Crippen LogP contribution >= 0.6 is 0 Å². The van der Waals surface area contributed by atoms with Crippen molar-refractivity contribution in [1.82, 2.24) is 20.0 Å². The van der Waals surface area contributed by atoms with Crippen molar-refractivity contribution >= 4 is 6.03 Å². The second-order valence-electron chi connectivity index (χ2n) is 6.77. The molecule has 1 fully saturated rings. The van der Waals surface area contributed by atoms with Crippen molar-refractivity contribution in [2.45, 2.75) is 58.2 Å². The molecule has 0 spiro atoms. The first-order chi connectivity index (χ1) is 12.3. The van der Waals surface area contributed by atoms with Gasteiger partial charge in [0.1, 0.15) is 0 Å². The van der Waals surface area contributed by atoms with Crippen molar-refractivity contribution in [2.24, 2.45) is 0 Å². The molecule has 1 N–H and O–H groups in total. The number of urea groups is 1. The molecule has 0 bridgehead atoms. The van der Waals surface area contributed by atoms with Crippen molar-refractivity contribution in [2.75, 3.05) is 6.54 Å². The van der Waals surface area contributed by atoms with Crippen molar-refractivity contribution in [1.29, 1.82) is 0 Å². The van der Waals surface area contributed by atoms with Crippen molar-refractivity contribution < 1.29 is 4.79 Å². The van der Waals surface area contributed by atoms with E-state index in [2.05, 4.69) is 29.5 Å². The van der Waals surface area contributed by atoms with Gasteiger partial charge in [-0.3, -0.25) is 4.68 Å². The van der Waals surface area contributed by atoms with E-state index in [9.17, 15) is 4.79 Å². The zero-order valence-electron chi connectivity index (χ0n) is 15.0. The van der Waals surface area contributed by atoms with E-state index in [1.807, 2.05) is 40.2 Å². The normalized spacial score (nSPS) is 15.1. The molecule has 1 aliphatic rings. The maximum Gasteiger partial charge on any atom is 0.317 e. The Morgan fingerprint density at radius 3 is 2.68 bits per heavy atom. The highest BCUT2D eigenvalue weighted by Crippen LogP contribution is 2.22. The van der Waals surface area contributed by atoms with Gasteiger partial charge in [0.25, 0.3) is 0 Å². The topological polar surface area (TPSA) is 50.2 Å². The molecule has 1 aromatic heterocycles. The van der Waals surface area contributed by atoms with Gasteiger partial charge in [-0.25, -0.2) is 4.79 Å². The number of nitrogens with one attached hydrogen (secondary N) is 1. The fourth-order valence-corrected chi connectivity index (χ4v) is 3.59. The minimum Gasteiger partial charge on any atom is -0.334 e. The Hall–Kier alpha value is -2.30. The second-order valence-corrected chi connectivity index (χ2v) is 6.77. The van der Waals surface area contributed by atoms with E-state index < -0.39 is 0 Å². The third-order valence-corrected chi connectivity index (χ3v) is 4.93. The quantitative estimate of drug-likeness (QED) is 0.869. The summed E-state index contributed by atoms with van der Waals surface area (Å²) in [4.78, 5) is 14.5. The lowest BCUT2D eigenvalue weighted by molar-refractivity contribution is 0.159. The van der Waals surface area contributed by atoms with Gasteiger partial charge >= 0.3 is 6.03 Å². The van der Waals surface area contributed by atoms with E-state index in [4.69, 9.17) is 0 Å². The number of carbonyl (C=O) groups excluding carboxylic acids is 1. The van der Waals surface area contributed by atoms with Crippen LogP contribution in [0.1, 0.15) is 50.2 Å². The third kappa shape index (κ3) is 4.84. The van der Waals surface area contributed by atoms with E-state index in [0.717, 1.165) is 31.5 Å². The van der Waals surface area contributed by atoms with Crippen LogP contribution in [0, 0.1) is 0 Å². The van der Waals surface area contributed by atoms with E-state index in [0.29, 0.717) is 12.6 Å². The number of benzene rings is 1. The maximum absolute atomic E-state index is 12.5. The highest BCUT2D eigenvalue weighted by molar-refractivity contribution is 5.74. The van der Waals surface area contributed by atoms with Crippen LogP contribution in [-0.2, 0) is 13.1 Å². The molecule has 5 nitrogen and oxygen atoms in total. The molecule has 0 atom stereocenters. The van der Waals surface area contributed by atoms with Gasteiger partial charge in [0.15, 0.2) is 0 Å². The first-order valence-electron chi connectivity index (χ1n) is 9.36. The maximum atomic E-state index is 12.5. The molecule has 0 radical (unpaired) electrons. The predicted octanol–water partition coefficient (Wildman–Crippen LogP) is 3.80. The molecule has 0 saturated heterocycles. The Morgan fingerprint density at radius 1 is 1.20 bits per heavy atom. The van der Waals surface area contributed by atoms with E-state index in [1.165, 1.54) is 24.8 Å². The number of hydrogen-bond donors (Lipinski definition) is 1. The lowest BCUT2D eigenvalue weighted by Gasteiger charge is -2.33. The molecule has 134 valence electrons. The number of amides is 2. The van der Waals surface area contributed by atoms with Crippen LogP contribution in [0.4, 0.5) is 4.79 Å². The summed E-state index contributed by atoms with van der Waals surface area (Å²) in [6.45, 7) is 4.10. The van der Waals surface area contributed by atoms with Gasteiger partial charge in [-0.1, -0.05) is 49.6 Å². The molecule has 1 aliphatic carbocycles. The van der Waals surface area contributed by atoms with Crippen molar-refractivity contribution in [3.8, 4) is 0 Å². The van der Waals surface area contributed by atoms with E-state index in [1.54, 1.807) is 0 Å². The summed E-state index contributed by atoms with van der Waals surface area (Å²) in [5.74, 6) is 0. The largest absolute Gasteiger partial charge is 0.334 e. The zero-order chi connectivity index (χ0) is 17.5. The molecule has 1 heterocycles. The summed E-state index contributed by atoms with van der Waals surface area (Å²) in [7, 11) is 0. The fourth-order valence-electron chi connectivity index (χ4n) is 3.59. The van der Waals surface area contributed by atoms with Crippen LogP contribution in [0.5, 0.6) is 0 Å². The number of rotatable bonds is 6. The van der Waals surface area contributed by atoms with Gasteiger partial charge in [-0.2, -0.15) is 5.10 Å². The summed E-state index contributed by atoms with van der Waals surface area (Å²) >= 11 is 0. The highest BCUT2D eigenvalue weighted by Gasteiger charge is 2.23. The van der Waals surface area contributed by atoms with Gasteiger partial charge in [0, 0.05) is 30.9 Å². The molecular weight excluding hydrogens is 312 g/mol. The molecule has 25 heavy (non-hydrogen) atoms. The monoisotopic (exact) mass is 340 g/mol. The molecule has 2 amide bonds. The van der Waals surface area contributed by atoms with Gasteiger partial charge in [-0.05, 0) is 25.3 Å². The minimum absolute atomic E-state index is 0.0465. The number of nitrogens with zero attached hydrogens (tertiary/aromatic N) is 3. The molecule has 2 aromatic rings. The van der Waals surface area contributed by atoms with Crippen LogP contribution in [0.2, 0.25) is 0 Å². The van der Waals surface area contributed by atoms with Gasteiger partial charge in [0.05, 0.1) is 12.7 Å². The molecule has 1 saturated carbocycles. The van der Waals surface area contributed by atoms with Crippen LogP contribution in [0.15, 0.2) is 42.7 Å². The van der Waals surface area contributed by atoms with Crippen LogP contribution in [-0.4, -0.2) is 33.3 Å². The summed E-state index contributed by atoms with van der Waals surface area (Å²) in [5.41, 5.74) is 2.25. The molecular formula is C20H28N4O. The number of carbonyl (C=O) groups is 1. The Balaban J connectivity index is 1.51. The molecule has 0 unspecified atom stereocenters. The number of aromatic nitrogens is 2. The summed E-state index contributed by atoms with van der Waals surface area (Å²) in [5, 5.41) is 7.45. The summed E-state index contributed by atoms with van der Waals surface area (Å²) < 4.78 is 1.91. The smallest absolute Gasteiger partial charge is 0.317 e. The molecule has 5 heteroatoms. The zero-order valence-corrected chi connectivity index (χ0v) is 15.0. The van der Waals surface area contributed by atoms with Gasteiger partial charge in [-0.15, -0.1) is 0 Å².